The van der Waals surface area contributed by atoms with Gasteiger partial charge in [-0.25, -0.2) is 0 Å². The van der Waals surface area contributed by atoms with Gasteiger partial charge in [0, 0.05) is 6.04 Å². The van der Waals surface area contributed by atoms with Crippen molar-refractivity contribution in [3.05, 3.63) is 35.9 Å². The Kier molecular flexibility index (Phi) is 3.00. The molecular formula is C10H12NO. The van der Waals surface area contributed by atoms with E-state index in [-0.39, 0.29) is 12.0 Å². The maximum absolute atomic E-state index is 10.5. The molecule has 0 fully saturated rings. The summed E-state index contributed by atoms with van der Waals surface area (Å²) in [5.41, 5.74) is 6.55. The van der Waals surface area contributed by atoms with E-state index in [4.69, 9.17) is 5.73 Å². The average Bonchev–Trinajstić information content (AvgIpc) is 2.07. The molecule has 0 aliphatic carbocycles. The lowest BCUT2D eigenvalue weighted by molar-refractivity contribution is 0.529. The SMILES string of the molecule is CC(N)C([C]=O)c1ccccc1. The molecule has 2 heteroatoms. The van der Waals surface area contributed by atoms with Crippen molar-refractivity contribution in [2.24, 2.45) is 5.73 Å². The minimum absolute atomic E-state index is 0.176. The molecule has 2 N–H and O–H groups in total. The molecule has 0 heterocycles. The first-order valence-corrected chi connectivity index (χ1v) is 3.94. The molecule has 0 aromatic heterocycles. The Morgan fingerprint density at radius 1 is 1.33 bits per heavy atom. The Balaban J connectivity index is 2.88. The van der Waals surface area contributed by atoms with Crippen molar-refractivity contribution in [1.82, 2.24) is 0 Å². The second kappa shape index (κ2) is 4.02. The predicted octanol–water partition coefficient (Wildman–Crippen LogP) is 1.23. The van der Waals surface area contributed by atoms with Gasteiger partial charge in [-0.1, -0.05) is 30.3 Å². The Morgan fingerprint density at radius 2 is 1.92 bits per heavy atom. The van der Waals surface area contributed by atoms with Crippen LogP contribution < -0.4 is 5.73 Å². The molecule has 0 saturated carbocycles. The fraction of sp³-hybridized carbons (Fsp3) is 0.300. The molecule has 0 aliphatic heterocycles. The van der Waals surface area contributed by atoms with Crippen molar-refractivity contribution in [3.8, 4) is 0 Å². The first kappa shape index (κ1) is 8.94. The highest BCUT2D eigenvalue weighted by Crippen LogP contribution is 2.15. The third-order valence-electron chi connectivity index (χ3n) is 1.81. The number of carbonyl (C=O) groups excluding carboxylic acids is 1. The summed E-state index contributed by atoms with van der Waals surface area (Å²) in [6, 6.07) is 9.29. The molecule has 0 amide bonds. The lowest BCUT2D eigenvalue weighted by atomic mass is 9.95. The van der Waals surface area contributed by atoms with E-state index in [2.05, 4.69) is 0 Å². The topological polar surface area (TPSA) is 43.1 Å². The molecule has 0 spiro atoms. The lowest BCUT2D eigenvalue weighted by Gasteiger charge is -2.12. The van der Waals surface area contributed by atoms with Gasteiger partial charge in [0.05, 0.1) is 5.92 Å². The van der Waals surface area contributed by atoms with E-state index >= 15 is 0 Å². The molecule has 1 aromatic rings. The number of rotatable bonds is 3. The van der Waals surface area contributed by atoms with E-state index in [9.17, 15) is 4.79 Å². The Hall–Kier alpha value is -1.15. The van der Waals surface area contributed by atoms with Gasteiger partial charge < -0.3 is 5.73 Å². The van der Waals surface area contributed by atoms with Crippen molar-refractivity contribution in [2.75, 3.05) is 0 Å². The van der Waals surface area contributed by atoms with Crippen molar-refractivity contribution in [1.29, 1.82) is 0 Å². The van der Waals surface area contributed by atoms with E-state index < -0.39 is 0 Å². The summed E-state index contributed by atoms with van der Waals surface area (Å²) in [7, 11) is 0. The van der Waals surface area contributed by atoms with Crippen LogP contribution in [0.4, 0.5) is 0 Å². The Bertz CT molecular complexity index is 243. The van der Waals surface area contributed by atoms with Gasteiger partial charge in [0.25, 0.3) is 0 Å². The number of hydrogen-bond acceptors (Lipinski definition) is 2. The van der Waals surface area contributed by atoms with Crippen LogP contribution in [-0.2, 0) is 4.79 Å². The molecule has 1 radical (unpaired) electrons. The second-order valence-corrected chi connectivity index (χ2v) is 2.87. The number of hydrogen-bond donors (Lipinski definition) is 1. The van der Waals surface area contributed by atoms with E-state index in [0.29, 0.717) is 0 Å². The van der Waals surface area contributed by atoms with Crippen LogP contribution in [0.25, 0.3) is 0 Å². The average molecular weight is 162 g/mol. The minimum Gasteiger partial charge on any atom is -0.327 e. The Labute approximate surface area is 72.4 Å². The molecule has 63 valence electrons. The van der Waals surface area contributed by atoms with Crippen molar-refractivity contribution >= 4 is 6.29 Å². The minimum atomic E-state index is -0.300. The van der Waals surface area contributed by atoms with Crippen LogP contribution >= 0.6 is 0 Å². The van der Waals surface area contributed by atoms with Gasteiger partial charge in [-0.2, -0.15) is 0 Å². The zero-order valence-electron chi connectivity index (χ0n) is 7.03. The Morgan fingerprint density at radius 3 is 2.33 bits per heavy atom. The first-order chi connectivity index (χ1) is 5.75. The molecule has 12 heavy (non-hydrogen) atoms. The van der Waals surface area contributed by atoms with Crippen LogP contribution in [0.3, 0.4) is 0 Å². The highest BCUT2D eigenvalue weighted by Gasteiger charge is 2.14. The van der Waals surface area contributed by atoms with Gasteiger partial charge in [0.2, 0.25) is 6.29 Å². The van der Waals surface area contributed by atoms with E-state index in [1.165, 1.54) is 0 Å². The van der Waals surface area contributed by atoms with Crippen LogP contribution in [0.5, 0.6) is 0 Å². The lowest BCUT2D eigenvalue weighted by Crippen LogP contribution is -2.25. The van der Waals surface area contributed by atoms with Crippen molar-refractivity contribution in [2.45, 2.75) is 18.9 Å². The van der Waals surface area contributed by atoms with Gasteiger partial charge in [-0.3, -0.25) is 4.79 Å². The van der Waals surface area contributed by atoms with Crippen LogP contribution in [-0.4, -0.2) is 12.3 Å². The van der Waals surface area contributed by atoms with Gasteiger partial charge >= 0.3 is 0 Å². The third kappa shape index (κ3) is 1.92. The summed E-state index contributed by atoms with van der Waals surface area (Å²) in [5, 5.41) is 0. The molecule has 1 aromatic carbocycles. The predicted molar refractivity (Wildman–Crippen MR) is 48.5 cm³/mol. The van der Waals surface area contributed by atoms with E-state index in [1.54, 1.807) is 0 Å². The van der Waals surface area contributed by atoms with Crippen molar-refractivity contribution < 1.29 is 4.79 Å². The molecule has 0 aliphatic rings. The monoisotopic (exact) mass is 162 g/mol. The number of benzene rings is 1. The summed E-state index contributed by atoms with van der Waals surface area (Å²) < 4.78 is 0. The highest BCUT2D eigenvalue weighted by molar-refractivity contribution is 5.64. The van der Waals surface area contributed by atoms with Crippen molar-refractivity contribution in [3.63, 3.8) is 0 Å². The molecule has 2 atom stereocenters. The largest absolute Gasteiger partial charge is 0.327 e. The molecule has 0 saturated heterocycles. The fourth-order valence-electron chi connectivity index (χ4n) is 1.14. The van der Waals surface area contributed by atoms with E-state index in [1.807, 2.05) is 43.5 Å². The van der Waals surface area contributed by atoms with Crippen LogP contribution in [0.1, 0.15) is 18.4 Å². The summed E-state index contributed by atoms with van der Waals surface area (Å²) >= 11 is 0. The molecular weight excluding hydrogens is 150 g/mol. The van der Waals surface area contributed by atoms with Crippen LogP contribution in [0.2, 0.25) is 0 Å². The molecule has 2 unspecified atom stereocenters. The number of nitrogens with two attached hydrogens (primary N) is 1. The molecule has 2 nitrogen and oxygen atoms in total. The van der Waals surface area contributed by atoms with Gasteiger partial charge in [0.15, 0.2) is 0 Å². The summed E-state index contributed by atoms with van der Waals surface area (Å²) in [6.07, 6.45) is 1.94. The van der Waals surface area contributed by atoms with Crippen LogP contribution in [0.15, 0.2) is 30.3 Å². The third-order valence-corrected chi connectivity index (χ3v) is 1.81. The van der Waals surface area contributed by atoms with Crippen LogP contribution in [0, 0.1) is 0 Å². The second-order valence-electron chi connectivity index (χ2n) is 2.87. The summed E-state index contributed by atoms with van der Waals surface area (Å²) in [6.45, 7) is 1.81. The zero-order valence-corrected chi connectivity index (χ0v) is 7.03. The normalized spacial score (nSPS) is 15.2. The van der Waals surface area contributed by atoms with Gasteiger partial charge in [0.1, 0.15) is 0 Å². The first-order valence-electron chi connectivity index (χ1n) is 3.94. The molecule has 0 bridgehead atoms. The van der Waals surface area contributed by atoms with Gasteiger partial charge in [-0.15, -0.1) is 0 Å². The summed E-state index contributed by atoms with van der Waals surface area (Å²) in [4.78, 5) is 10.5. The maximum atomic E-state index is 10.5. The smallest absolute Gasteiger partial charge is 0.208 e. The zero-order chi connectivity index (χ0) is 8.97. The fourth-order valence-corrected chi connectivity index (χ4v) is 1.14. The quantitative estimate of drug-likeness (QED) is 0.726. The molecule has 1 rings (SSSR count). The standard InChI is InChI=1S/C10H12NO/c1-8(11)10(7-12)9-5-3-2-4-6-9/h2-6,8,10H,11H2,1H3. The maximum Gasteiger partial charge on any atom is 0.208 e. The van der Waals surface area contributed by atoms with Gasteiger partial charge in [-0.05, 0) is 12.5 Å². The van der Waals surface area contributed by atoms with E-state index in [0.717, 1.165) is 5.56 Å². The highest BCUT2D eigenvalue weighted by atomic mass is 16.1. The summed E-state index contributed by atoms with van der Waals surface area (Å²) in [5.74, 6) is -0.300.